The summed E-state index contributed by atoms with van der Waals surface area (Å²) in [5.74, 6) is 1.60. The largest absolute Gasteiger partial charge is 0.314 e. The van der Waals surface area contributed by atoms with Crippen LogP contribution >= 0.6 is 11.3 Å². The van der Waals surface area contributed by atoms with Gasteiger partial charge in [0.25, 0.3) is 0 Å². The maximum Gasteiger partial charge on any atom is 0.235 e. The Kier molecular flexibility index (Phi) is 12.3. The monoisotopic (exact) mass is 1050 g/mol. The molecule has 3 heteroatoms. The number of allylic oxidation sites excluding steroid dienone is 6. The van der Waals surface area contributed by atoms with E-state index in [1.165, 1.54) is 105 Å². The van der Waals surface area contributed by atoms with E-state index in [2.05, 4.69) is 257 Å². The Labute approximate surface area is 477 Å². The maximum atomic E-state index is 2.89. The van der Waals surface area contributed by atoms with Gasteiger partial charge in [-0.1, -0.05) is 228 Å². The number of anilines is 2. The van der Waals surface area contributed by atoms with Crippen molar-refractivity contribution in [3.8, 4) is 11.1 Å². The van der Waals surface area contributed by atoms with Gasteiger partial charge < -0.3 is 4.90 Å². The van der Waals surface area contributed by atoms with Gasteiger partial charge in [0.1, 0.15) is 0 Å². The molecule has 3 heterocycles. The fourth-order valence-corrected chi connectivity index (χ4v) is 17.7. The number of hydrogen-bond donors (Lipinski definition) is 0. The van der Waals surface area contributed by atoms with Gasteiger partial charge in [0.2, 0.25) is 6.71 Å². The van der Waals surface area contributed by atoms with Crippen LogP contribution in [0.5, 0.6) is 0 Å². The van der Waals surface area contributed by atoms with Crippen LogP contribution in [0.15, 0.2) is 114 Å². The molecule has 4 unspecified atom stereocenters. The molecule has 1 nitrogen and oxygen atoms in total. The Morgan fingerprint density at radius 3 is 1.90 bits per heavy atom. The van der Waals surface area contributed by atoms with E-state index in [0.29, 0.717) is 23.7 Å². The van der Waals surface area contributed by atoms with Crippen LogP contribution in [0.2, 0.25) is 5.82 Å². The van der Waals surface area contributed by atoms with E-state index in [1.807, 2.05) is 0 Å². The first-order valence-corrected chi connectivity index (χ1v) is 31.5. The zero-order valence-electron chi connectivity index (χ0n) is 51.7. The van der Waals surface area contributed by atoms with Gasteiger partial charge >= 0.3 is 0 Å². The predicted octanol–water partition coefficient (Wildman–Crippen LogP) is 20.2. The molecule has 0 bridgehead atoms. The molecule has 5 atom stereocenters. The summed E-state index contributed by atoms with van der Waals surface area (Å²) in [5, 5.41) is 0. The molecule has 12 rings (SSSR count). The molecule has 2 aliphatic heterocycles. The Hall–Kier alpha value is -4.60. The number of fused-ring (bicyclic) bond motifs is 9. The molecular weight excluding hydrogens is 958 g/mol. The van der Waals surface area contributed by atoms with Crippen molar-refractivity contribution in [1.29, 1.82) is 0 Å². The highest BCUT2D eigenvalue weighted by molar-refractivity contribution is 7.27. The van der Waals surface area contributed by atoms with Crippen molar-refractivity contribution >= 4 is 51.8 Å². The van der Waals surface area contributed by atoms with Crippen molar-refractivity contribution in [2.24, 2.45) is 28.1 Å². The van der Waals surface area contributed by atoms with E-state index >= 15 is 0 Å². The maximum absolute atomic E-state index is 2.89. The third kappa shape index (κ3) is 8.55. The van der Waals surface area contributed by atoms with E-state index in [0.717, 1.165) is 6.42 Å². The first kappa shape index (κ1) is 54.0. The number of hydrogen-bond acceptors (Lipinski definition) is 2. The van der Waals surface area contributed by atoms with Crippen LogP contribution in [-0.4, -0.2) is 6.71 Å². The summed E-state index contributed by atoms with van der Waals surface area (Å²) in [4.78, 5) is 4.33. The van der Waals surface area contributed by atoms with Crippen molar-refractivity contribution in [1.82, 2.24) is 0 Å². The van der Waals surface area contributed by atoms with Gasteiger partial charge in [-0.05, 0) is 192 Å². The highest BCUT2D eigenvalue weighted by atomic mass is 32.1. The highest BCUT2D eigenvalue weighted by Gasteiger charge is 2.56. The first-order chi connectivity index (χ1) is 36.3. The van der Waals surface area contributed by atoms with Crippen molar-refractivity contribution in [3.05, 3.63) is 163 Å². The second-order valence-corrected chi connectivity index (χ2v) is 33.3. The molecule has 78 heavy (non-hydrogen) atoms. The predicted molar refractivity (Wildman–Crippen MR) is 341 cm³/mol. The average Bonchev–Trinajstić information content (AvgIpc) is 3.61. The lowest BCUT2D eigenvalue weighted by atomic mass is 9.27. The molecule has 4 aromatic carbocycles. The fourth-order valence-electron chi connectivity index (χ4n) is 16.4. The normalized spacial score (nSPS) is 25.8. The zero-order chi connectivity index (χ0) is 55.8. The summed E-state index contributed by atoms with van der Waals surface area (Å²) in [7, 11) is 0. The van der Waals surface area contributed by atoms with E-state index in [1.54, 1.807) is 32.5 Å². The molecule has 0 amide bonds. The first-order valence-electron chi connectivity index (χ1n) is 30.6. The topological polar surface area (TPSA) is 3.24 Å². The molecule has 0 N–H and O–H groups in total. The van der Waals surface area contributed by atoms with Gasteiger partial charge in [-0.25, -0.2) is 0 Å². The number of nitrogens with zero attached hydrogens (tertiary/aromatic N) is 1. The van der Waals surface area contributed by atoms with Crippen molar-refractivity contribution in [2.75, 3.05) is 4.90 Å². The van der Waals surface area contributed by atoms with Gasteiger partial charge in [0, 0.05) is 32.5 Å². The summed E-state index contributed by atoms with van der Waals surface area (Å²) in [5.41, 5.74) is 24.7. The molecule has 7 aliphatic rings. The number of thiophene rings is 1. The van der Waals surface area contributed by atoms with E-state index in [4.69, 9.17) is 0 Å². The van der Waals surface area contributed by atoms with E-state index < -0.39 is 0 Å². The average molecular weight is 1050 g/mol. The minimum Gasteiger partial charge on any atom is -0.314 e. The Morgan fingerprint density at radius 1 is 0.641 bits per heavy atom. The molecule has 0 radical (unpaired) electrons. The molecule has 408 valence electrons. The van der Waals surface area contributed by atoms with E-state index in [-0.39, 0.29) is 55.8 Å². The van der Waals surface area contributed by atoms with Gasteiger partial charge in [-0.15, -0.1) is 11.3 Å². The molecule has 5 aliphatic carbocycles. The molecule has 1 saturated carbocycles. The Morgan fingerprint density at radius 2 is 1.26 bits per heavy atom. The summed E-state index contributed by atoms with van der Waals surface area (Å²) in [6.45, 7) is 47.7. The van der Waals surface area contributed by atoms with Crippen LogP contribution in [0.3, 0.4) is 0 Å². The molecule has 1 fully saturated rings. The lowest BCUT2D eigenvalue weighted by molar-refractivity contribution is 0.155. The van der Waals surface area contributed by atoms with Crippen LogP contribution in [0.25, 0.3) is 23.3 Å². The Bertz CT molecular complexity index is 3390. The lowest BCUT2D eigenvalue weighted by Crippen LogP contribution is -2.59. The van der Waals surface area contributed by atoms with Crippen LogP contribution in [0.4, 0.5) is 11.4 Å². The standard InChI is InChI=1S/C75H94BNS/c1-45(51-42-60-61(75(18,19)36-35-74(60,16)17)43-52(51)46-23-21-20-22-24-46)37-53-50-27-25-47(68(2,3)4)39-62(50)76-65-54(53)38-48(69(5,6)7)40-63(65)77(49-26-28-56-58(41-49)72(12,13)33-31-70(56,8)9)66-55-44-59-57(29-30-64(55)78-67(66)76)71(10,11)32-34-73(59,14)15/h20-30,38-45,53-54,57,65H,31-37H2,1-19H3/t45-,53?,54?,57?,65?/m1/s1. The second kappa shape index (κ2) is 17.7. The van der Waals surface area contributed by atoms with Crippen LogP contribution in [-0.2, 0) is 27.1 Å². The van der Waals surface area contributed by atoms with Crippen molar-refractivity contribution in [2.45, 2.75) is 221 Å². The third-order valence-corrected chi connectivity index (χ3v) is 23.2. The second-order valence-electron chi connectivity index (χ2n) is 32.2. The molecule has 0 saturated heterocycles. The zero-order valence-corrected chi connectivity index (χ0v) is 52.5. The van der Waals surface area contributed by atoms with Gasteiger partial charge in [-0.2, -0.15) is 0 Å². The Balaban J connectivity index is 1.13. The lowest BCUT2D eigenvalue weighted by Gasteiger charge is -2.52. The van der Waals surface area contributed by atoms with Crippen LogP contribution in [0.1, 0.15) is 238 Å². The summed E-state index contributed by atoms with van der Waals surface area (Å²) >= 11 is 2.13. The third-order valence-electron chi connectivity index (χ3n) is 22.0. The minimum atomic E-state index is -0.0492. The van der Waals surface area contributed by atoms with E-state index in [9.17, 15) is 0 Å². The van der Waals surface area contributed by atoms with Gasteiger partial charge in [0.15, 0.2) is 0 Å². The smallest absolute Gasteiger partial charge is 0.235 e. The fraction of sp³-hybridized carbons (Fsp3) is 0.520. The quantitative estimate of drug-likeness (QED) is 0.159. The van der Waals surface area contributed by atoms with Crippen LogP contribution in [0, 0.1) is 28.1 Å². The van der Waals surface area contributed by atoms with Crippen molar-refractivity contribution in [3.63, 3.8) is 0 Å². The van der Waals surface area contributed by atoms with Crippen LogP contribution < -0.4 is 15.1 Å². The summed E-state index contributed by atoms with van der Waals surface area (Å²) in [6, 6.07) is 32.5. The SMILES string of the molecule is C[C@H](CC1c2ccc(C(C)(C)C)cc2B2c3sc4c(c3N(c3ccc5c(c3)C(C)(C)CCC5(C)C)C3=CC(C(C)(C)C)=CC1C23)C=C1C(C=C4)C(C)(C)CCC1(C)C)c1cc2c(cc1-c1ccccc1)C(C)(C)CCC2(C)C. The van der Waals surface area contributed by atoms with Gasteiger partial charge in [-0.3, -0.25) is 0 Å². The highest BCUT2D eigenvalue weighted by Crippen LogP contribution is 2.62. The number of benzene rings is 4. The summed E-state index contributed by atoms with van der Waals surface area (Å²) < 4.78 is 1.56. The minimum absolute atomic E-state index is 0.00882. The molecule has 0 spiro atoms. The molecule has 1 aromatic heterocycles. The van der Waals surface area contributed by atoms with Crippen molar-refractivity contribution < 1.29 is 0 Å². The number of rotatable bonds is 5. The van der Waals surface area contributed by atoms with Gasteiger partial charge in [0.05, 0.1) is 5.69 Å². The summed E-state index contributed by atoms with van der Waals surface area (Å²) in [6.07, 6.45) is 21.9. The molecule has 5 aromatic rings. The molecular formula is C75H94BNS.